The fourth-order valence-electron chi connectivity index (χ4n) is 17.0. The summed E-state index contributed by atoms with van der Waals surface area (Å²) < 4.78 is 112. The van der Waals surface area contributed by atoms with Crippen LogP contribution in [-0.2, 0) is 119 Å². The lowest BCUT2D eigenvalue weighted by Crippen LogP contribution is -2.71. The minimum Gasteiger partial charge on any atom is -0.477 e. The molecule has 10 rings (SSSR count). The first-order chi connectivity index (χ1) is 61.8. The number of hydrogen-bond acceptors (Lipinski definition) is 52. The molecule has 0 bridgehead atoms. The number of hydrogen-bond donors (Lipinski definition) is 33. The number of carbonyl (C=O) groups is 6. The van der Waals surface area contributed by atoms with E-state index in [1.54, 1.807) is 0 Å². The first-order valence-electron chi connectivity index (χ1n) is 41.6. The molecule has 10 fully saturated rings. The van der Waals surface area contributed by atoms with Crippen molar-refractivity contribution >= 4 is 35.5 Å². The molecule has 0 aromatic heterocycles. The number of amides is 5. The van der Waals surface area contributed by atoms with Gasteiger partial charge in [-0.25, -0.2) is 4.79 Å². The Bertz CT molecular complexity index is 3660. The van der Waals surface area contributed by atoms with Crippen molar-refractivity contribution < 1.29 is 262 Å². The van der Waals surface area contributed by atoms with Gasteiger partial charge in [-0.1, -0.05) is 0 Å². The maximum Gasteiger partial charge on any atom is 0.364 e. The van der Waals surface area contributed by atoms with Crippen LogP contribution in [0.15, 0.2) is 0 Å². The Morgan fingerprint density at radius 3 is 1.11 bits per heavy atom. The van der Waals surface area contributed by atoms with E-state index in [1.807, 2.05) is 0 Å². The van der Waals surface area contributed by atoms with Gasteiger partial charge in [0.15, 0.2) is 56.6 Å². The SMILES string of the molecule is CC(=O)N[C@H]1[C@H](OC[C@H]2OC(O)[C@H](NC(C)=O)[C@@H](O[C@@H]3O[C@H](CO)[C@H](O)[C@H](O[C@]4(C(=O)O)C[C@H](O)[C@@H](NC(C)=O)[C@H]([C@H](O)[C@H](O)CO)O4)[C@H]3O)[C@H]2O)O[C@H](CO)[C@@H](O[C@@H]2O[C@H](CO)[C@H](O)[C@H](O[C@@H]3O[C@H](CO)[C@@H](O[C@@H]4O[C@H](CO)[C@H](O)[C@H](O[C@@H]5O[C@H](CO)[C@@H](O[C@@H]6O[C@H](CO)[C@H](O)[C@H](O)[C@H]6O)[C@H](O[C@H]6O[C@H](C)[C@H](O)[C@H](O)[C@H]6O)[C@H]5NC(C)=O)[C@H]4O)[C@H](O)[C@H]3NC(C)=O)[C@H]2O)[C@@H]1O. The smallest absolute Gasteiger partial charge is 0.364 e. The highest BCUT2D eigenvalue weighted by Crippen LogP contribution is 2.43. The van der Waals surface area contributed by atoms with E-state index in [0.29, 0.717) is 0 Å². The summed E-state index contributed by atoms with van der Waals surface area (Å²) in [5.74, 6) is -10.1. The Kier molecular flexibility index (Phi) is 38.4. The normalized spacial score (nSPS) is 47.5. The minimum absolute atomic E-state index is 0.868. The van der Waals surface area contributed by atoms with Gasteiger partial charge < -0.3 is 260 Å². The van der Waals surface area contributed by atoms with Crippen LogP contribution in [0, 0.1) is 0 Å². The van der Waals surface area contributed by atoms with Crippen molar-refractivity contribution in [2.24, 2.45) is 0 Å². The summed E-state index contributed by atoms with van der Waals surface area (Å²) in [5, 5.41) is 324. The van der Waals surface area contributed by atoms with Crippen LogP contribution in [0.4, 0.5) is 0 Å². The summed E-state index contributed by atoms with van der Waals surface area (Å²) in [6.07, 6.45) is -95.8. The molecule has 10 heterocycles. The largest absolute Gasteiger partial charge is 0.477 e. The molecule has 0 spiro atoms. The molecule has 756 valence electrons. The van der Waals surface area contributed by atoms with E-state index in [1.165, 1.54) is 6.92 Å². The lowest BCUT2D eigenvalue weighted by molar-refractivity contribution is -0.393. The van der Waals surface area contributed by atoms with Crippen molar-refractivity contribution in [1.29, 1.82) is 0 Å². The third-order valence-electron chi connectivity index (χ3n) is 23.8. The summed E-state index contributed by atoms with van der Waals surface area (Å²) in [6, 6.07) is -9.48. The minimum atomic E-state index is -3.28. The number of ether oxygens (including phenoxy) is 19. The van der Waals surface area contributed by atoms with Gasteiger partial charge in [0.25, 0.3) is 5.79 Å². The molecule has 10 saturated heterocycles. The summed E-state index contributed by atoms with van der Waals surface area (Å²) in [6.45, 7) is -4.39. The quantitative estimate of drug-likeness (QED) is 0.0280. The second-order valence-corrected chi connectivity index (χ2v) is 33.1. The van der Waals surface area contributed by atoms with E-state index in [4.69, 9.17) is 90.0 Å². The Hall–Kier alpha value is -5.02. The van der Waals surface area contributed by atoms with E-state index in [2.05, 4.69) is 26.6 Å². The zero-order valence-corrected chi connectivity index (χ0v) is 70.7. The van der Waals surface area contributed by atoms with Crippen molar-refractivity contribution in [3.05, 3.63) is 0 Å². The standard InChI is InChI=1S/C73H121N5O53/c1-17-38(94)47(103)49(105)67(114-17)127-59-37(78-22(6)91)66(122-31(15-86)56(59)125-68-50(106)48(104)40(96)25(9-80)116-68)129-61-42(98)27(11-82)118-70(52(61)108)124-55-30(14-85)121-65(35(46(55)102)76-20(4)89)128-60-41(97)26(10-81)117-69(51(60)107)123-54-29(13-84)120-64(34(45(54)101)75-19(3)88)113-16-32-44(100)57(36(63(110)115-32)77-21(5)90)126-71-53(109)62(43(99)28(12-83)119-71)131-73(72(111)112)7-23(92)33(74-18(2)87)58(130-73)39(95)24(93)8-79/h17,23-71,79-86,92-110H,7-16H2,1-6H3,(H,74,87)(H,75,88)(H,76,89)(H,77,90)(H,78,91)(H,111,112)/t17-,23+,24-,25-,26-,27-,28-,29-,30-,31-,32-,33-,34-,35-,36-,37-,38+,39-,40+,41+,42+,43+,44+,45-,46-,47+,48+,49-,50-,51-,52-,53-,54-,55-,56-,57-,58-,59-,60+,61+,62+,63?,64-,65+,66+,67-,68+,69+,70+,71+,73+/m1/s1. The van der Waals surface area contributed by atoms with Crippen molar-refractivity contribution in [2.75, 3.05) is 59.5 Å². The number of aliphatic carboxylic acids is 1. The molecule has 0 aromatic carbocycles. The highest BCUT2D eigenvalue weighted by Gasteiger charge is 2.64. The fourth-order valence-corrected chi connectivity index (χ4v) is 17.0. The number of nitrogens with one attached hydrogen (secondary N) is 5. The van der Waals surface area contributed by atoms with Gasteiger partial charge in [-0.3, -0.25) is 24.0 Å². The molecule has 0 radical (unpaired) electrons. The highest BCUT2D eigenvalue weighted by molar-refractivity contribution is 5.77. The third-order valence-corrected chi connectivity index (χ3v) is 23.8. The second kappa shape index (κ2) is 46.6. The predicted octanol–water partition coefficient (Wildman–Crippen LogP) is -21.9. The summed E-state index contributed by atoms with van der Waals surface area (Å²) in [4.78, 5) is 77.5. The molecule has 58 heteroatoms. The highest BCUT2D eigenvalue weighted by atomic mass is 16.8. The zero-order chi connectivity index (χ0) is 96.9. The summed E-state index contributed by atoms with van der Waals surface area (Å²) >= 11 is 0. The van der Waals surface area contributed by atoms with Crippen molar-refractivity contribution in [3.63, 3.8) is 0 Å². The van der Waals surface area contributed by atoms with Gasteiger partial charge in [-0.2, -0.15) is 0 Å². The van der Waals surface area contributed by atoms with Gasteiger partial charge in [0.05, 0.1) is 77.7 Å². The lowest BCUT2D eigenvalue weighted by Gasteiger charge is -2.52. The molecule has 5 amide bonds. The number of carboxylic acids is 1. The molecule has 51 atom stereocenters. The van der Waals surface area contributed by atoms with Gasteiger partial charge >= 0.3 is 5.97 Å². The molecule has 10 aliphatic heterocycles. The van der Waals surface area contributed by atoms with Crippen LogP contribution < -0.4 is 26.6 Å². The molecule has 0 saturated carbocycles. The Morgan fingerprint density at radius 1 is 0.328 bits per heavy atom. The Labute approximate surface area is 741 Å². The number of carboxylic acid groups (broad SMARTS) is 1. The summed E-state index contributed by atoms with van der Waals surface area (Å²) in [7, 11) is 0. The predicted molar refractivity (Wildman–Crippen MR) is 403 cm³/mol. The lowest BCUT2D eigenvalue weighted by atomic mass is 9.88. The number of aliphatic hydroxyl groups excluding tert-OH is 27. The second-order valence-electron chi connectivity index (χ2n) is 33.1. The maximum absolute atomic E-state index is 13.3. The van der Waals surface area contributed by atoms with Crippen LogP contribution in [0.3, 0.4) is 0 Å². The van der Waals surface area contributed by atoms with Crippen LogP contribution >= 0.6 is 0 Å². The van der Waals surface area contributed by atoms with E-state index in [0.717, 1.165) is 34.6 Å². The van der Waals surface area contributed by atoms with Gasteiger partial charge in [0.2, 0.25) is 29.5 Å². The fraction of sp³-hybridized carbons (Fsp3) is 0.918. The molecule has 10 aliphatic rings. The first kappa shape index (κ1) is 108. The number of aliphatic hydroxyl groups is 27. The third kappa shape index (κ3) is 23.9. The summed E-state index contributed by atoms with van der Waals surface area (Å²) in [5.41, 5.74) is 0. The van der Waals surface area contributed by atoms with Crippen LogP contribution in [0.5, 0.6) is 0 Å². The van der Waals surface area contributed by atoms with Crippen LogP contribution in [0.1, 0.15) is 48.0 Å². The topological polar surface area (TPSA) is 904 Å². The van der Waals surface area contributed by atoms with E-state index in [-0.39, 0.29) is 0 Å². The first-order valence-corrected chi connectivity index (χ1v) is 41.6. The monoisotopic (exact) mass is 1920 g/mol. The van der Waals surface area contributed by atoms with Crippen molar-refractivity contribution in [2.45, 2.75) is 360 Å². The van der Waals surface area contributed by atoms with Crippen LogP contribution in [-0.4, -0.2) is 550 Å². The van der Waals surface area contributed by atoms with E-state index >= 15 is 0 Å². The van der Waals surface area contributed by atoms with Gasteiger partial charge in [-0.05, 0) is 6.92 Å². The molecule has 0 aromatic rings. The molecule has 0 aliphatic carbocycles. The Morgan fingerprint density at radius 2 is 0.664 bits per heavy atom. The molecular weight excluding hydrogens is 1790 g/mol. The van der Waals surface area contributed by atoms with Crippen LogP contribution in [0.25, 0.3) is 0 Å². The van der Waals surface area contributed by atoms with Gasteiger partial charge in [-0.15, -0.1) is 0 Å². The number of carbonyl (C=O) groups excluding carboxylic acids is 5. The molecule has 1 unspecified atom stereocenters. The zero-order valence-electron chi connectivity index (χ0n) is 70.7. The molecule has 58 nitrogen and oxygen atoms in total. The number of rotatable bonds is 35. The average Bonchev–Trinajstić information content (AvgIpc) is 0.761. The van der Waals surface area contributed by atoms with Crippen molar-refractivity contribution in [3.8, 4) is 0 Å². The molecule has 33 N–H and O–H groups in total. The van der Waals surface area contributed by atoms with Gasteiger partial charge in [0.1, 0.15) is 232 Å². The molecular formula is C73H121N5O53. The van der Waals surface area contributed by atoms with Gasteiger partial charge in [0, 0.05) is 41.0 Å². The maximum atomic E-state index is 13.3. The van der Waals surface area contributed by atoms with Crippen LogP contribution in [0.2, 0.25) is 0 Å². The Balaban J connectivity index is 0.845. The molecule has 131 heavy (non-hydrogen) atoms. The van der Waals surface area contributed by atoms with E-state index in [9.17, 15) is 172 Å². The van der Waals surface area contributed by atoms with Crippen molar-refractivity contribution in [1.82, 2.24) is 26.6 Å². The average molecular weight is 1920 g/mol. The van der Waals surface area contributed by atoms with E-state index < -0.39 is 414 Å².